The number of nitrogens with one attached hydrogen (secondary N) is 2. The Morgan fingerprint density at radius 2 is 1.85 bits per heavy atom. The van der Waals surface area contributed by atoms with Gasteiger partial charge in [0.25, 0.3) is 10.0 Å². The van der Waals surface area contributed by atoms with Crippen molar-refractivity contribution in [2.45, 2.75) is 18.2 Å². The zero-order chi connectivity index (χ0) is 19.3. The molecule has 0 unspecified atom stereocenters. The van der Waals surface area contributed by atoms with E-state index in [-0.39, 0.29) is 10.7 Å². The van der Waals surface area contributed by atoms with Crippen molar-refractivity contribution in [1.29, 1.82) is 0 Å². The molecule has 1 heterocycles. The fraction of sp³-hybridized carbons (Fsp3) is 0.150. The van der Waals surface area contributed by atoms with Crippen LogP contribution in [0.15, 0.2) is 71.8 Å². The van der Waals surface area contributed by atoms with E-state index in [1.54, 1.807) is 48.5 Å². The molecular weight excluding hydrogens is 365 g/mol. The van der Waals surface area contributed by atoms with E-state index >= 15 is 0 Å². The van der Waals surface area contributed by atoms with Crippen molar-refractivity contribution in [3.05, 3.63) is 83.8 Å². The maximum absolute atomic E-state index is 13.6. The molecule has 0 saturated heterocycles. The third kappa shape index (κ3) is 5.04. The van der Waals surface area contributed by atoms with Crippen molar-refractivity contribution in [3.8, 4) is 0 Å². The molecule has 7 heteroatoms. The number of sulfonamides is 1. The number of hydrogen-bond donors (Lipinski definition) is 2. The smallest absolute Gasteiger partial charge is 0.261 e. The van der Waals surface area contributed by atoms with Crippen LogP contribution in [0.25, 0.3) is 0 Å². The molecule has 3 aromatic rings. The topological polar surface area (TPSA) is 71.1 Å². The van der Waals surface area contributed by atoms with Gasteiger partial charge in [-0.15, -0.1) is 0 Å². The predicted octanol–water partition coefficient (Wildman–Crippen LogP) is 3.98. The summed E-state index contributed by atoms with van der Waals surface area (Å²) in [5.41, 5.74) is 1.87. The maximum Gasteiger partial charge on any atom is 0.261 e. The Hall–Kier alpha value is -2.93. The second-order valence-corrected chi connectivity index (χ2v) is 7.80. The average molecular weight is 385 g/mol. The third-order valence-electron chi connectivity index (χ3n) is 3.97. The van der Waals surface area contributed by atoms with E-state index in [4.69, 9.17) is 0 Å². The van der Waals surface area contributed by atoms with Gasteiger partial charge < -0.3 is 5.32 Å². The summed E-state index contributed by atoms with van der Waals surface area (Å²) >= 11 is 0. The minimum atomic E-state index is -3.66. The number of pyridine rings is 1. The number of aryl methyl sites for hydroxylation is 1. The highest BCUT2D eigenvalue weighted by atomic mass is 32.2. The SMILES string of the molecule is Cc1cccc(S(=O)(=O)Nc2ccc(NCCc3ccccc3F)nc2)c1. The van der Waals surface area contributed by atoms with Gasteiger partial charge in [-0.1, -0.05) is 30.3 Å². The summed E-state index contributed by atoms with van der Waals surface area (Å²) in [4.78, 5) is 4.40. The van der Waals surface area contributed by atoms with E-state index in [1.807, 2.05) is 13.0 Å². The van der Waals surface area contributed by atoms with Gasteiger partial charge in [0.1, 0.15) is 11.6 Å². The summed E-state index contributed by atoms with van der Waals surface area (Å²) in [6.45, 7) is 2.35. The Bertz CT molecular complexity index is 1020. The Morgan fingerprint density at radius 1 is 1.04 bits per heavy atom. The van der Waals surface area contributed by atoms with Crippen LogP contribution in [0.1, 0.15) is 11.1 Å². The van der Waals surface area contributed by atoms with Crippen molar-refractivity contribution in [3.63, 3.8) is 0 Å². The molecule has 2 N–H and O–H groups in total. The van der Waals surface area contributed by atoms with Gasteiger partial charge in [-0.05, 0) is 54.8 Å². The highest BCUT2D eigenvalue weighted by Gasteiger charge is 2.14. The van der Waals surface area contributed by atoms with Gasteiger partial charge in [0, 0.05) is 6.54 Å². The van der Waals surface area contributed by atoms with Crippen LogP contribution in [0.5, 0.6) is 0 Å². The third-order valence-corrected chi connectivity index (χ3v) is 5.35. The zero-order valence-corrected chi connectivity index (χ0v) is 15.6. The number of aromatic nitrogens is 1. The van der Waals surface area contributed by atoms with E-state index in [9.17, 15) is 12.8 Å². The van der Waals surface area contributed by atoms with E-state index in [0.717, 1.165) is 5.56 Å². The minimum Gasteiger partial charge on any atom is -0.370 e. The lowest BCUT2D eigenvalue weighted by atomic mass is 10.1. The fourth-order valence-electron chi connectivity index (χ4n) is 2.58. The standard InChI is InChI=1S/C20H20FN3O2S/c1-15-5-4-7-18(13-15)27(25,26)24-17-9-10-20(23-14-17)22-12-11-16-6-2-3-8-19(16)21/h2-10,13-14,24H,11-12H2,1H3,(H,22,23). The first kappa shape index (κ1) is 18.8. The van der Waals surface area contributed by atoms with Crippen molar-refractivity contribution >= 4 is 21.5 Å². The Morgan fingerprint density at radius 3 is 2.56 bits per heavy atom. The van der Waals surface area contributed by atoms with Gasteiger partial charge in [-0.3, -0.25) is 4.72 Å². The quantitative estimate of drug-likeness (QED) is 0.645. The van der Waals surface area contributed by atoms with Crippen LogP contribution >= 0.6 is 0 Å². The molecule has 1 aromatic heterocycles. The van der Waals surface area contributed by atoms with Gasteiger partial charge >= 0.3 is 0 Å². The summed E-state index contributed by atoms with van der Waals surface area (Å²) in [6, 6.07) is 16.6. The summed E-state index contributed by atoms with van der Waals surface area (Å²) in [5, 5.41) is 3.09. The van der Waals surface area contributed by atoms with Crippen molar-refractivity contribution in [2.75, 3.05) is 16.6 Å². The highest BCUT2D eigenvalue weighted by Crippen LogP contribution is 2.17. The van der Waals surface area contributed by atoms with Crippen LogP contribution in [-0.2, 0) is 16.4 Å². The Kier molecular flexibility index (Phi) is 5.71. The van der Waals surface area contributed by atoms with E-state index < -0.39 is 10.0 Å². The molecule has 2 aromatic carbocycles. The molecule has 5 nitrogen and oxygen atoms in total. The minimum absolute atomic E-state index is 0.203. The lowest BCUT2D eigenvalue weighted by Crippen LogP contribution is -2.13. The van der Waals surface area contributed by atoms with Crippen molar-refractivity contribution in [2.24, 2.45) is 0 Å². The number of hydrogen-bond acceptors (Lipinski definition) is 4. The second-order valence-electron chi connectivity index (χ2n) is 6.12. The van der Waals surface area contributed by atoms with Gasteiger partial charge in [0.15, 0.2) is 0 Å². The monoisotopic (exact) mass is 385 g/mol. The van der Waals surface area contributed by atoms with Gasteiger partial charge in [-0.2, -0.15) is 0 Å². The molecule has 3 rings (SSSR count). The Balaban J connectivity index is 1.59. The van der Waals surface area contributed by atoms with Gasteiger partial charge in [0.2, 0.25) is 0 Å². The molecule has 0 amide bonds. The molecule has 0 atom stereocenters. The zero-order valence-electron chi connectivity index (χ0n) is 14.8. The summed E-state index contributed by atoms with van der Waals surface area (Å²) in [5.74, 6) is 0.359. The first-order valence-corrected chi connectivity index (χ1v) is 9.95. The lowest BCUT2D eigenvalue weighted by Gasteiger charge is -2.10. The molecular formula is C20H20FN3O2S. The van der Waals surface area contributed by atoms with Crippen molar-refractivity contribution < 1.29 is 12.8 Å². The molecule has 0 bridgehead atoms. The number of benzene rings is 2. The summed E-state index contributed by atoms with van der Waals surface area (Å²) in [6.07, 6.45) is 1.97. The number of rotatable bonds is 7. The van der Waals surface area contributed by atoms with Crippen LogP contribution in [0.4, 0.5) is 15.9 Å². The summed E-state index contributed by atoms with van der Waals surface area (Å²) < 4.78 is 40.9. The molecule has 140 valence electrons. The molecule has 0 aliphatic rings. The predicted molar refractivity (Wildman–Crippen MR) is 105 cm³/mol. The van der Waals surface area contributed by atoms with Crippen LogP contribution in [0.2, 0.25) is 0 Å². The first-order valence-electron chi connectivity index (χ1n) is 8.47. The van der Waals surface area contributed by atoms with Crippen LogP contribution in [0, 0.1) is 12.7 Å². The van der Waals surface area contributed by atoms with E-state index in [0.29, 0.717) is 30.0 Å². The molecule has 0 spiro atoms. The molecule has 27 heavy (non-hydrogen) atoms. The lowest BCUT2D eigenvalue weighted by molar-refractivity contribution is 0.601. The first-order chi connectivity index (χ1) is 12.9. The normalized spacial score (nSPS) is 11.2. The molecule has 0 aliphatic heterocycles. The van der Waals surface area contributed by atoms with E-state index in [1.165, 1.54) is 12.3 Å². The second kappa shape index (κ2) is 8.18. The maximum atomic E-state index is 13.6. The van der Waals surface area contributed by atoms with E-state index in [2.05, 4.69) is 15.0 Å². The molecule has 0 aliphatic carbocycles. The number of nitrogens with zero attached hydrogens (tertiary/aromatic N) is 1. The van der Waals surface area contributed by atoms with Crippen molar-refractivity contribution in [1.82, 2.24) is 4.98 Å². The molecule has 0 radical (unpaired) electrons. The van der Waals surface area contributed by atoms with Crippen LogP contribution in [0.3, 0.4) is 0 Å². The van der Waals surface area contributed by atoms with Gasteiger partial charge in [-0.25, -0.2) is 17.8 Å². The number of anilines is 2. The summed E-state index contributed by atoms with van der Waals surface area (Å²) in [7, 11) is -3.66. The number of halogens is 1. The Labute approximate surface area is 158 Å². The average Bonchev–Trinajstić information content (AvgIpc) is 2.64. The largest absolute Gasteiger partial charge is 0.370 e. The molecule has 0 fully saturated rings. The van der Waals surface area contributed by atoms with Crippen LogP contribution in [-0.4, -0.2) is 19.9 Å². The molecule has 0 saturated carbocycles. The van der Waals surface area contributed by atoms with Gasteiger partial charge in [0.05, 0.1) is 16.8 Å². The van der Waals surface area contributed by atoms with Crippen LogP contribution < -0.4 is 10.0 Å². The fourth-order valence-corrected chi connectivity index (χ4v) is 3.73. The highest BCUT2D eigenvalue weighted by molar-refractivity contribution is 7.92.